The summed E-state index contributed by atoms with van der Waals surface area (Å²) in [6, 6.07) is 12.0. The number of para-hydroxylation sites is 1. The number of methoxy groups -OCH3 is 1. The average Bonchev–Trinajstić information content (AvgIpc) is 2.54. The molecule has 0 saturated carbocycles. The van der Waals surface area contributed by atoms with E-state index in [1.54, 1.807) is 42.5 Å². The van der Waals surface area contributed by atoms with Crippen LogP contribution in [-0.4, -0.2) is 19.0 Å². The van der Waals surface area contributed by atoms with Crippen LogP contribution in [0.5, 0.6) is 17.2 Å². The Balaban J connectivity index is 1.91. The summed E-state index contributed by atoms with van der Waals surface area (Å²) in [6.07, 6.45) is -0.641. The summed E-state index contributed by atoms with van der Waals surface area (Å²) in [6.45, 7) is 1.31. The van der Waals surface area contributed by atoms with Crippen molar-refractivity contribution in [2.75, 3.05) is 7.11 Å². The number of fused-ring (bicyclic) bond motifs is 1. The number of hydrogen-bond acceptors (Lipinski definition) is 5. The van der Waals surface area contributed by atoms with Crippen LogP contribution in [-0.2, 0) is 4.79 Å². The van der Waals surface area contributed by atoms with Crippen LogP contribution in [0.4, 0.5) is 0 Å². The van der Waals surface area contributed by atoms with Crippen molar-refractivity contribution in [3.05, 3.63) is 53.6 Å². The highest BCUT2D eigenvalue weighted by molar-refractivity contribution is 5.98. The van der Waals surface area contributed by atoms with Gasteiger partial charge in [0, 0.05) is 12.5 Å². The molecule has 2 aromatic carbocycles. The van der Waals surface area contributed by atoms with Crippen molar-refractivity contribution in [3.63, 3.8) is 0 Å². The molecule has 0 aromatic heterocycles. The van der Waals surface area contributed by atoms with Gasteiger partial charge in [0.15, 0.2) is 17.7 Å². The topological polar surface area (TPSA) is 73.9 Å². The van der Waals surface area contributed by atoms with Crippen LogP contribution in [0.15, 0.2) is 42.5 Å². The van der Waals surface area contributed by atoms with Gasteiger partial charge in [-0.2, -0.15) is 0 Å². The smallest absolute Gasteiger partial charge is 0.308 e. The molecule has 1 aliphatic heterocycles. The van der Waals surface area contributed by atoms with Crippen LogP contribution in [0.1, 0.15) is 29.1 Å². The van der Waals surface area contributed by atoms with Gasteiger partial charge in [-0.15, -0.1) is 0 Å². The Morgan fingerprint density at radius 1 is 1.17 bits per heavy atom. The Morgan fingerprint density at radius 3 is 2.70 bits per heavy atom. The van der Waals surface area contributed by atoms with E-state index in [-0.39, 0.29) is 5.91 Å². The van der Waals surface area contributed by atoms with E-state index in [4.69, 9.17) is 14.2 Å². The number of esters is 1. The second kappa shape index (κ2) is 6.00. The summed E-state index contributed by atoms with van der Waals surface area (Å²) in [5, 5.41) is 2.78. The third-order valence-electron chi connectivity index (χ3n) is 3.38. The zero-order valence-corrected chi connectivity index (χ0v) is 12.7. The summed E-state index contributed by atoms with van der Waals surface area (Å²) in [4.78, 5) is 23.2. The highest BCUT2D eigenvalue weighted by Crippen LogP contribution is 2.34. The molecule has 23 heavy (non-hydrogen) atoms. The Labute approximate surface area is 133 Å². The van der Waals surface area contributed by atoms with Crippen LogP contribution >= 0.6 is 0 Å². The number of nitrogens with one attached hydrogen (secondary N) is 1. The van der Waals surface area contributed by atoms with Crippen LogP contribution in [0.2, 0.25) is 0 Å². The molecular formula is C17H15NO5. The largest absolute Gasteiger partial charge is 0.493 e. The lowest BCUT2D eigenvalue weighted by Gasteiger charge is -2.27. The number of amides is 1. The second-order valence-electron chi connectivity index (χ2n) is 4.97. The van der Waals surface area contributed by atoms with Gasteiger partial charge < -0.3 is 19.5 Å². The molecule has 1 aliphatic rings. The molecule has 0 unspecified atom stereocenters. The molecule has 0 fully saturated rings. The normalized spacial score (nSPS) is 15.9. The van der Waals surface area contributed by atoms with Gasteiger partial charge in [-0.3, -0.25) is 9.59 Å². The van der Waals surface area contributed by atoms with Crippen molar-refractivity contribution in [1.29, 1.82) is 0 Å². The lowest BCUT2D eigenvalue weighted by molar-refractivity contribution is -0.132. The van der Waals surface area contributed by atoms with Crippen LogP contribution < -0.4 is 19.5 Å². The molecule has 6 nitrogen and oxygen atoms in total. The predicted octanol–water partition coefficient (Wildman–Crippen LogP) is 2.44. The summed E-state index contributed by atoms with van der Waals surface area (Å²) >= 11 is 0. The van der Waals surface area contributed by atoms with E-state index in [1.807, 2.05) is 0 Å². The maximum Gasteiger partial charge on any atom is 0.308 e. The molecule has 0 spiro atoms. The number of hydrogen-bond donors (Lipinski definition) is 1. The van der Waals surface area contributed by atoms with E-state index >= 15 is 0 Å². The highest BCUT2D eigenvalue weighted by Gasteiger charge is 2.27. The van der Waals surface area contributed by atoms with Crippen molar-refractivity contribution in [3.8, 4) is 17.2 Å². The van der Waals surface area contributed by atoms with Gasteiger partial charge in [-0.25, -0.2) is 0 Å². The third kappa shape index (κ3) is 2.96. The van der Waals surface area contributed by atoms with Gasteiger partial charge in [-0.1, -0.05) is 12.1 Å². The molecule has 1 atom stereocenters. The second-order valence-corrected chi connectivity index (χ2v) is 4.97. The molecule has 0 radical (unpaired) electrons. The zero-order chi connectivity index (χ0) is 16.4. The van der Waals surface area contributed by atoms with Gasteiger partial charge in [0.1, 0.15) is 5.75 Å². The molecule has 6 heteroatoms. The van der Waals surface area contributed by atoms with Crippen molar-refractivity contribution >= 4 is 11.9 Å². The molecule has 0 saturated heterocycles. The van der Waals surface area contributed by atoms with E-state index < -0.39 is 12.2 Å². The van der Waals surface area contributed by atoms with Gasteiger partial charge in [0.25, 0.3) is 5.91 Å². The Bertz CT molecular complexity index is 771. The SMILES string of the molecule is COc1cc([C@H]2NC(=O)c3ccccc3O2)ccc1OC(C)=O. The molecule has 118 valence electrons. The number of benzene rings is 2. The van der Waals surface area contributed by atoms with E-state index in [0.717, 1.165) is 0 Å². The van der Waals surface area contributed by atoms with E-state index in [2.05, 4.69) is 5.32 Å². The fourth-order valence-corrected chi connectivity index (χ4v) is 2.35. The minimum atomic E-state index is -0.641. The van der Waals surface area contributed by atoms with Gasteiger partial charge in [0.05, 0.1) is 12.7 Å². The summed E-state index contributed by atoms with van der Waals surface area (Å²) in [7, 11) is 1.47. The zero-order valence-electron chi connectivity index (χ0n) is 12.7. The van der Waals surface area contributed by atoms with Crippen molar-refractivity contribution in [1.82, 2.24) is 5.32 Å². The van der Waals surface area contributed by atoms with Gasteiger partial charge in [-0.05, 0) is 30.3 Å². The molecule has 3 rings (SSSR count). The standard InChI is InChI=1S/C17H15NO5/c1-10(19)22-14-8-7-11(9-15(14)21-2)17-18-16(20)12-5-3-4-6-13(12)23-17/h3-9,17H,1-2H3,(H,18,20)/t17-/m0/s1. The lowest BCUT2D eigenvalue weighted by atomic mass is 10.1. The lowest BCUT2D eigenvalue weighted by Crippen LogP contribution is -2.36. The number of carbonyl (C=O) groups is 2. The molecule has 1 N–H and O–H groups in total. The molecule has 1 heterocycles. The molecule has 0 bridgehead atoms. The summed E-state index contributed by atoms with van der Waals surface area (Å²) in [5.41, 5.74) is 1.17. The number of carbonyl (C=O) groups excluding carboxylic acids is 2. The fraction of sp³-hybridized carbons (Fsp3) is 0.176. The number of rotatable bonds is 3. The maximum absolute atomic E-state index is 12.1. The minimum absolute atomic E-state index is 0.208. The maximum atomic E-state index is 12.1. The highest BCUT2D eigenvalue weighted by atomic mass is 16.6. The first kappa shape index (κ1) is 14.9. The quantitative estimate of drug-likeness (QED) is 0.696. The van der Waals surface area contributed by atoms with E-state index in [9.17, 15) is 9.59 Å². The first-order valence-electron chi connectivity index (χ1n) is 7.01. The van der Waals surface area contributed by atoms with E-state index in [1.165, 1.54) is 14.0 Å². The minimum Gasteiger partial charge on any atom is -0.493 e. The van der Waals surface area contributed by atoms with Crippen LogP contribution in [0.25, 0.3) is 0 Å². The first-order chi connectivity index (χ1) is 11.1. The molecular weight excluding hydrogens is 298 g/mol. The summed E-state index contributed by atoms with van der Waals surface area (Å²) < 4.78 is 16.1. The Morgan fingerprint density at radius 2 is 1.96 bits per heavy atom. The number of ether oxygens (including phenoxy) is 3. The van der Waals surface area contributed by atoms with Crippen molar-refractivity contribution in [2.24, 2.45) is 0 Å². The monoisotopic (exact) mass is 313 g/mol. The first-order valence-corrected chi connectivity index (χ1v) is 7.01. The van der Waals surface area contributed by atoms with E-state index in [0.29, 0.717) is 28.4 Å². The summed E-state index contributed by atoms with van der Waals surface area (Å²) in [5.74, 6) is 0.567. The fourth-order valence-electron chi connectivity index (χ4n) is 2.35. The predicted molar refractivity (Wildman–Crippen MR) is 81.6 cm³/mol. The Kier molecular flexibility index (Phi) is 3.89. The van der Waals surface area contributed by atoms with Crippen molar-refractivity contribution in [2.45, 2.75) is 13.2 Å². The van der Waals surface area contributed by atoms with Crippen LogP contribution in [0, 0.1) is 0 Å². The molecule has 2 aromatic rings. The van der Waals surface area contributed by atoms with Gasteiger partial charge >= 0.3 is 5.97 Å². The van der Waals surface area contributed by atoms with Crippen LogP contribution in [0.3, 0.4) is 0 Å². The molecule has 0 aliphatic carbocycles. The van der Waals surface area contributed by atoms with Gasteiger partial charge in [0.2, 0.25) is 0 Å². The van der Waals surface area contributed by atoms with Crippen molar-refractivity contribution < 1.29 is 23.8 Å². The average molecular weight is 313 g/mol. The third-order valence-corrected chi connectivity index (χ3v) is 3.38. The Hall–Kier alpha value is -3.02. The molecule has 1 amide bonds.